The normalized spacial score (nSPS) is 14.7. The third-order valence-electron chi connectivity index (χ3n) is 5.45. The van der Waals surface area contributed by atoms with Crippen LogP contribution in [0.1, 0.15) is 48.0 Å². The Labute approximate surface area is 205 Å². The van der Waals surface area contributed by atoms with Crippen LogP contribution in [0.25, 0.3) is 0 Å². The number of ether oxygens (including phenoxy) is 2. The van der Waals surface area contributed by atoms with Gasteiger partial charge in [0.15, 0.2) is 0 Å². The van der Waals surface area contributed by atoms with E-state index in [0.29, 0.717) is 12.5 Å². The number of carbonyl (C=O) groups is 1. The van der Waals surface area contributed by atoms with Crippen molar-refractivity contribution in [3.8, 4) is 11.5 Å². The number of benzene rings is 2. The van der Waals surface area contributed by atoms with Crippen molar-refractivity contribution >= 4 is 27.5 Å². The van der Waals surface area contributed by atoms with Crippen molar-refractivity contribution < 1.29 is 40.2 Å². The van der Waals surface area contributed by atoms with Crippen molar-refractivity contribution in [3.05, 3.63) is 58.4 Å². The molecule has 1 amide bonds. The summed E-state index contributed by atoms with van der Waals surface area (Å²) in [5, 5.41) is -0.0265. The Morgan fingerprint density at radius 2 is 1.83 bits per heavy atom. The molecule has 0 atom stereocenters. The maximum Gasteiger partial charge on any atom is 0.416 e. The van der Waals surface area contributed by atoms with E-state index in [1.807, 2.05) is 0 Å². The largest absolute Gasteiger partial charge is 0.494 e. The second-order valence-corrected chi connectivity index (χ2v) is 10.5. The Balaban J connectivity index is 1.51. The molecule has 3 rings (SSSR count). The summed E-state index contributed by atoms with van der Waals surface area (Å²) < 4.78 is 89.6. The van der Waals surface area contributed by atoms with E-state index < -0.39 is 44.8 Å². The zero-order valence-electron chi connectivity index (χ0n) is 18.5. The van der Waals surface area contributed by atoms with Crippen molar-refractivity contribution in [2.75, 3.05) is 19.0 Å². The van der Waals surface area contributed by atoms with Crippen molar-refractivity contribution in [3.63, 3.8) is 0 Å². The summed E-state index contributed by atoms with van der Waals surface area (Å²) >= 11 is 6.09. The lowest BCUT2D eigenvalue weighted by molar-refractivity contribution is -0.137. The summed E-state index contributed by atoms with van der Waals surface area (Å²) in [7, 11) is -4.18. The summed E-state index contributed by atoms with van der Waals surface area (Å²) in [6, 6.07) is 6.10. The first-order valence-electron chi connectivity index (χ1n) is 10.9. The number of hydrogen-bond donors (Lipinski definition) is 1. The quantitative estimate of drug-likeness (QED) is 0.315. The van der Waals surface area contributed by atoms with Crippen LogP contribution in [0.4, 0.5) is 17.6 Å². The van der Waals surface area contributed by atoms with Crippen LogP contribution in [0.2, 0.25) is 5.02 Å². The molecule has 12 heteroatoms. The molecular formula is C23H24ClF4NO5S. The van der Waals surface area contributed by atoms with Crippen molar-refractivity contribution in [1.29, 1.82) is 0 Å². The van der Waals surface area contributed by atoms with Gasteiger partial charge in [0.25, 0.3) is 5.91 Å². The van der Waals surface area contributed by atoms with Crippen LogP contribution in [-0.2, 0) is 16.2 Å². The molecule has 0 aliphatic heterocycles. The maximum absolute atomic E-state index is 14.5. The standard InChI is InChI=1S/C23H24ClF4NO5S/c24-19-12-18(20(25)13-21(19)34-14-15-5-1-2-6-15)22(30)29-35(31,32)10-4-9-33-17-8-3-7-16(11-17)23(26,27)28/h3,7-8,11-13,15H,1-2,4-6,9-10,14H2,(H,29,30). The molecule has 1 aliphatic carbocycles. The number of hydrogen-bond acceptors (Lipinski definition) is 5. The Bertz CT molecular complexity index is 1150. The number of nitrogens with one attached hydrogen (secondary N) is 1. The number of halogens is 5. The molecule has 192 valence electrons. The predicted molar refractivity (Wildman–Crippen MR) is 122 cm³/mol. The summed E-state index contributed by atoms with van der Waals surface area (Å²) in [6.45, 7) is 0.158. The average molecular weight is 538 g/mol. The Kier molecular flexibility index (Phi) is 8.87. The fraction of sp³-hybridized carbons (Fsp3) is 0.435. The molecule has 0 spiro atoms. The van der Waals surface area contributed by atoms with E-state index in [0.717, 1.165) is 49.9 Å². The minimum absolute atomic E-state index is 0.0265. The topological polar surface area (TPSA) is 81.7 Å². The van der Waals surface area contributed by atoms with E-state index >= 15 is 0 Å². The molecule has 0 bridgehead atoms. The number of amides is 1. The maximum atomic E-state index is 14.5. The minimum atomic E-state index is -4.54. The molecule has 0 heterocycles. The molecule has 6 nitrogen and oxygen atoms in total. The van der Waals surface area contributed by atoms with Gasteiger partial charge in [-0.2, -0.15) is 13.2 Å². The fourth-order valence-electron chi connectivity index (χ4n) is 3.65. The lowest BCUT2D eigenvalue weighted by atomic mass is 10.1. The zero-order chi connectivity index (χ0) is 25.6. The van der Waals surface area contributed by atoms with Gasteiger partial charge in [0.05, 0.1) is 35.1 Å². The second-order valence-electron chi connectivity index (χ2n) is 8.20. The Morgan fingerprint density at radius 3 is 2.51 bits per heavy atom. The summed E-state index contributed by atoms with van der Waals surface area (Å²) in [5.41, 5.74) is -1.46. The van der Waals surface area contributed by atoms with E-state index in [4.69, 9.17) is 21.1 Å². The van der Waals surface area contributed by atoms with E-state index in [-0.39, 0.29) is 29.5 Å². The van der Waals surface area contributed by atoms with Crippen LogP contribution in [-0.4, -0.2) is 33.3 Å². The molecule has 2 aromatic carbocycles. The second kappa shape index (κ2) is 11.5. The van der Waals surface area contributed by atoms with Gasteiger partial charge in [-0.25, -0.2) is 17.5 Å². The fourth-order valence-corrected chi connectivity index (χ4v) is 4.86. The van der Waals surface area contributed by atoms with Crippen molar-refractivity contribution in [1.82, 2.24) is 4.72 Å². The SMILES string of the molecule is O=C(NS(=O)(=O)CCCOc1cccc(C(F)(F)F)c1)c1cc(Cl)c(OCC2CCCC2)cc1F. The third kappa shape index (κ3) is 7.99. The van der Waals surface area contributed by atoms with Gasteiger partial charge in [-0.3, -0.25) is 4.79 Å². The van der Waals surface area contributed by atoms with Crippen LogP contribution in [0.15, 0.2) is 36.4 Å². The van der Waals surface area contributed by atoms with E-state index in [2.05, 4.69) is 0 Å². The summed E-state index contributed by atoms with van der Waals surface area (Å²) in [6.07, 6.45) is -0.406. The smallest absolute Gasteiger partial charge is 0.416 e. The lowest BCUT2D eigenvalue weighted by Gasteiger charge is -2.14. The van der Waals surface area contributed by atoms with Crippen LogP contribution >= 0.6 is 11.6 Å². The highest BCUT2D eigenvalue weighted by Gasteiger charge is 2.30. The van der Waals surface area contributed by atoms with Gasteiger partial charge in [0.1, 0.15) is 17.3 Å². The molecule has 35 heavy (non-hydrogen) atoms. The van der Waals surface area contributed by atoms with E-state index in [1.54, 1.807) is 4.72 Å². The highest BCUT2D eigenvalue weighted by molar-refractivity contribution is 7.90. The number of carbonyl (C=O) groups excluding carboxylic acids is 1. The molecular weight excluding hydrogens is 514 g/mol. The third-order valence-corrected chi connectivity index (χ3v) is 7.07. The molecule has 2 aromatic rings. The first kappa shape index (κ1) is 27.1. The summed E-state index contributed by atoms with van der Waals surface area (Å²) in [4.78, 5) is 12.3. The number of rotatable bonds is 10. The molecule has 1 aliphatic rings. The number of alkyl halides is 3. The van der Waals surface area contributed by atoms with Gasteiger partial charge in [-0.1, -0.05) is 30.5 Å². The van der Waals surface area contributed by atoms with Gasteiger partial charge in [-0.15, -0.1) is 0 Å². The molecule has 1 saturated carbocycles. The predicted octanol–water partition coefficient (Wildman–Crippen LogP) is 5.60. The first-order valence-corrected chi connectivity index (χ1v) is 12.9. The van der Waals surface area contributed by atoms with Gasteiger partial charge in [-0.05, 0) is 49.4 Å². The molecule has 1 N–H and O–H groups in total. The molecule has 0 saturated heterocycles. The first-order chi connectivity index (χ1) is 16.4. The summed E-state index contributed by atoms with van der Waals surface area (Å²) in [5.74, 6) is -2.41. The Morgan fingerprint density at radius 1 is 1.11 bits per heavy atom. The van der Waals surface area contributed by atoms with E-state index in [1.165, 1.54) is 12.1 Å². The van der Waals surface area contributed by atoms with Gasteiger partial charge < -0.3 is 9.47 Å². The highest BCUT2D eigenvalue weighted by Crippen LogP contribution is 2.32. The molecule has 0 unspecified atom stereocenters. The average Bonchev–Trinajstić information content (AvgIpc) is 3.30. The van der Waals surface area contributed by atoms with Crippen LogP contribution < -0.4 is 14.2 Å². The van der Waals surface area contributed by atoms with Crippen molar-refractivity contribution in [2.24, 2.45) is 5.92 Å². The van der Waals surface area contributed by atoms with Gasteiger partial charge in [0, 0.05) is 6.07 Å². The monoisotopic (exact) mass is 537 g/mol. The van der Waals surface area contributed by atoms with Crippen LogP contribution in [0.5, 0.6) is 11.5 Å². The van der Waals surface area contributed by atoms with Gasteiger partial charge in [0.2, 0.25) is 10.0 Å². The van der Waals surface area contributed by atoms with E-state index in [9.17, 15) is 30.8 Å². The lowest BCUT2D eigenvalue weighted by Crippen LogP contribution is -2.33. The minimum Gasteiger partial charge on any atom is -0.494 e. The van der Waals surface area contributed by atoms with Crippen LogP contribution in [0.3, 0.4) is 0 Å². The molecule has 1 fully saturated rings. The molecule has 0 radical (unpaired) electrons. The molecule has 0 aromatic heterocycles. The highest BCUT2D eigenvalue weighted by atomic mass is 35.5. The van der Waals surface area contributed by atoms with Crippen molar-refractivity contribution in [2.45, 2.75) is 38.3 Å². The van der Waals surface area contributed by atoms with Crippen LogP contribution in [0, 0.1) is 11.7 Å². The zero-order valence-corrected chi connectivity index (χ0v) is 20.1. The Hall–Kier alpha value is -2.53. The number of sulfonamides is 1. The van der Waals surface area contributed by atoms with Gasteiger partial charge >= 0.3 is 6.18 Å².